The molecule has 0 aliphatic rings. The van der Waals surface area contributed by atoms with Crippen molar-refractivity contribution in [1.82, 2.24) is 4.98 Å². The van der Waals surface area contributed by atoms with E-state index in [2.05, 4.69) is 20.9 Å². The summed E-state index contributed by atoms with van der Waals surface area (Å²) in [5.74, 6) is -2.82. The molecule has 0 aromatic carbocycles. The Morgan fingerprint density at radius 3 is 2.57 bits per heavy atom. The number of rotatable bonds is 2. The van der Waals surface area contributed by atoms with Gasteiger partial charge < -0.3 is 5.11 Å². The molecule has 0 aliphatic carbocycles. The molecule has 1 aromatic rings. The summed E-state index contributed by atoms with van der Waals surface area (Å²) in [6.07, 6.45) is -3.02. The standard InChI is InChI=1S/C7H3BrF3NO2/c8-2-1-3(9)12-5(7(13)14)4(2)6(10)11/h1,6H,(H,13,14). The van der Waals surface area contributed by atoms with Gasteiger partial charge in [0.15, 0.2) is 5.69 Å². The minimum Gasteiger partial charge on any atom is -0.476 e. The van der Waals surface area contributed by atoms with Crippen molar-refractivity contribution < 1.29 is 23.1 Å². The number of nitrogens with zero attached hydrogens (tertiary/aromatic N) is 1. The molecule has 0 amide bonds. The monoisotopic (exact) mass is 269 g/mol. The van der Waals surface area contributed by atoms with Gasteiger partial charge in [-0.15, -0.1) is 0 Å². The highest BCUT2D eigenvalue weighted by molar-refractivity contribution is 9.10. The fourth-order valence-corrected chi connectivity index (χ4v) is 1.42. The molecule has 1 heterocycles. The maximum absolute atomic E-state index is 12.6. The predicted octanol–water partition coefficient (Wildman–Crippen LogP) is 2.62. The van der Waals surface area contributed by atoms with E-state index in [0.717, 1.165) is 0 Å². The number of aromatic carboxylic acids is 1. The van der Waals surface area contributed by atoms with Gasteiger partial charge in [-0.05, 0) is 0 Å². The molecule has 0 saturated heterocycles. The zero-order valence-electron chi connectivity index (χ0n) is 6.47. The molecule has 0 radical (unpaired) electrons. The zero-order chi connectivity index (χ0) is 10.9. The van der Waals surface area contributed by atoms with E-state index in [1.54, 1.807) is 0 Å². The minimum absolute atomic E-state index is 0.308. The van der Waals surface area contributed by atoms with E-state index in [9.17, 15) is 18.0 Å². The lowest BCUT2D eigenvalue weighted by molar-refractivity contribution is 0.0675. The summed E-state index contributed by atoms with van der Waals surface area (Å²) in [6.45, 7) is 0. The van der Waals surface area contributed by atoms with Gasteiger partial charge in [0.2, 0.25) is 5.95 Å². The van der Waals surface area contributed by atoms with Crippen LogP contribution in [-0.4, -0.2) is 16.1 Å². The van der Waals surface area contributed by atoms with Crippen LogP contribution in [-0.2, 0) is 0 Å². The smallest absolute Gasteiger partial charge is 0.355 e. The SMILES string of the molecule is O=C(O)c1nc(F)cc(Br)c1C(F)F. The summed E-state index contributed by atoms with van der Waals surface area (Å²) in [4.78, 5) is 13.3. The van der Waals surface area contributed by atoms with Crippen LogP contribution in [0.25, 0.3) is 0 Å². The Balaban J connectivity index is 3.44. The van der Waals surface area contributed by atoms with E-state index in [1.807, 2.05) is 0 Å². The van der Waals surface area contributed by atoms with Gasteiger partial charge in [-0.3, -0.25) is 0 Å². The molecular weight excluding hydrogens is 267 g/mol. The fraction of sp³-hybridized carbons (Fsp3) is 0.143. The molecule has 76 valence electrons. The number of aromatic nitrogens is 1. The largest absolute Gasteiger partial charge is 0.476 e. The lowest BCUT2D eigenvalue weighted by Gasteiger charge is -2.06. The lowest BCUT2D eigenvalue weighted by Crippen LogP contribution is -2.08. The quantitative estimate of drug-likeness (QED) is 0.840. The third-order valence-electron chi connectivity index (χ3n) is 1.40. The van der Waals surface area contributed by atoms with Crippen molar-refractivity contribution in [2.75, 3.05) is 0 Å². The molecule has 0 fully saturated rings. The highest BCUT2D eigenvalue weighted by atomic mass is 79.9. The highest BCUT2D eigenvalue weighted by Gasteiger charge is 2.23. The van der Waals surface area contributed by atoms with Gasteiger partial charge in [0.05, 0.1) is 5.56 Å². The molecule has 0 aliphatic heterocycles. The topological polar surface area (TPSA) is 50.2 Å². The molecule has 0 atom stereocenters. The second-order valence-corrected chi connectivity index (χ2v) is 3.15. The number of carbonyl (C=O) groups is 1. The fourth-order valence-electron chi connectivity index (χ4n) is 0.865. The van der Waals surface area contributed by atoms with Gasteiger partial charge in [-0.25, -0.2) is 18.6 Å². The van der Waals surface area contributed by atoms with Crippen LogP contribution in [0.4, 0.5) is 13.2 Å². The Bertz CT molecular complexity index is 383. The van der Waals surface area contributed by atoms with E-state index < -0.39 is 29.6 Å². The van der Waals surface area contributed by atoms with Crippen molar-refractivity contribution in [3.8, 4) is 0 Å². The van der Waals surface area contributed by atoms with E-state index in [1.165, 1.54) is 0 Å². The van der Waals surface area contributed by atoms with Crippen molar-refractivity contribution in [3.05, 3.63) is 27.7 Å². The number of hydrogen-bond donors (Lipinski definition) is 1. The Labute approximate surface area is 84.7 Å². The van der Waals surface area contributed by atoms with Crippen LogP contribution in [0.15, 0.2) is 10.5 Å². The van der Waals surface area contributed by atoms with Crippen LogP contribution in [0.2, 0.25) is 0 Å². The summed E-state index contributed by atoms with van der Waals surface area (Å²) < 4.78 is 36.9. The Hall–Kier alpha value is -1.11. The van der Waals surface area contributed by atoms with Crippen LogP contribution in [0.3, 0.4) is 0 Å². The van der Waals surface area contributed by atoms with Crippen molar-refractivity contribution >= 4 is 21.9 Å². The molecule has 0 saturated carbocycles. The Morgan fingerprint density at radius 2 is 2.14 bits per heavy atom. The van der Waals surface area contributed by atoms with Gasteiger partial charge in [0, 0.05) is 10.5 Å². The van der Waals surface area contributed by atoms with Gasteiger partial charge in [-0.2, -0.15) is 4.39 Å². The third-order valence-corrected chi connectivity index (χ3v) is 2.05. The number of hydrogen-bond acceptors (Lipinski definition) is 2. The summed E-state index contributed by atoms with van der Waals surface area (Å²) in [5.41, 5.74) is -1.80. The van der Waals surface area contributed by atoms with Crippen LogP contribution in [0, 0.1) is 5.95 Å². The van der Waals surface area contributed by atoms with Crippen LogP contribution < -0.4 is 0 Å². The summed E-state index contributed by atoms with van der Waals surface area (Å²) in [5, 5.41) is 8.48. The molecule has 7 heteroatoms. The third kappa shape index (κ3) is 2.03. The lowest BCUT2D eigenvalue weighted by atomic mass is 10.2. The first-order chi connectivity index (χ1) is 6.43. The maximum Gasteiger partial charge on any atom is 0.355 e. The molecule has 1 N–H and O–H groups in total. The molecule has 1 rings (SSSR count). The van der Waals surface area contributed by atoms with E-state index >= 15 is 0 Å². The van der Waals surface area contributed by atoms with Crippen molar-refractivity contribution in [1.29, 1.82) is 0 Å². The van der Waals surface area contributed by atoms with Crippen molar-refractivity contribution in [3.63, 3.8) is 0 Å². The van der Waals surface area contributed by atoms with Crippen molar-refractivity contribution in [2.45, 2.75) is 6.43 Å². The Morgan fingerprint density at radius 1 is 1.57 bits per heavy atom. The summed E-state index contributed by atoms with van der Waals surface area (Å²) in [7, 11) is 0. The number of pyridine rings is 1. The average molecular weight is 270 g/mol. The number of carboxylic acid groups (broad SMARTS) is 1. The first kappa shape index (κ1) is 11.0. The van der Waals surface area contributed by atoms with Gasteiger partial charge in [-0.1, -0.05) is 15.9 Å². The minimum atomic E-state index is -3.02. The molecule has 0 bridgehead atoms. The molecular formula is C7H3BrF3NO2. The maximum atomic E-state index is 12.6. The van der Waals surface area contributed by atoms with Crippen LogP contribution in [0.1, 0.15) is 22.5 Å². The van der Waals surface area contributed by atoms with E-state index in [0.29, 0.717) is 6.07 Å². The number of alkyl halides is 2. The van der Waals surface area contributed by atoms with Gasteiger partial charge >= 0.3 is 5.97 Å². The van der Waals surface area contributed by atoms with Crippen LogP contribution in [0.5, 0.6) is 0 Å². The van der Waals surface area contributed by atoms with Crippen molar-refractivity contribution in [2.24, 2.45) is 0 Å². The first-order valence-corrected chi connectivity index (χ1v) is 4.10. The normalized spacial score (nSPS) is 10.6. The molecule has 3 nitrogen and oxygen atoms in total. The summed E-state index contributed by atoms with van der Waals surface area (Å²) in [6, 6.07) is 0.688. The number of halogens is 4. The first-order valence-electron chi connectivity index (χ1n) is 3.31. The van der Waals surface area contributed by atoms with Crippen LogP contribution >= 0.6 is 15.9 Å². The highest BCUT2D eigenvalue weighted by Crippen LogP contribution is 2.30. The van der Waals surface area contributed by atoms with Gasteiger partial charge in [0.25, 0.3) is 6.43 Å². The second-order valence-electron chi connectivity index (χ2n) is 2.29. The average Bonchev–Trinajstić information content (AvgIpc) is 2.01. The molecule has 1 aromatic heterocycles. The zero-order valence-corrected chi connectivity index (χ0v) is 8.06. The Kier molecular flexibility index (Phi) is 3.10. The summed E-state index contributed by atoms with van der Waals surface area (Å²) >= 11 is 2.64. The van der Waals surface area contributed by atoms with E-state index in [-0.39, 0.29) is 4.47 Å². The second kappa shape index (κ2) is 3.95. The predicted molar refractivity (Wildman–Crippen MR) is 43.8 cm³/mol. The molecule has 0 unspecified atom stereocenters. The molecule has 0 spiro atoms. The van der Waals surface area contributed by atoms with Gasteiger partial charge in [0.1, 0.15) is 0 Å². The van der Waals surface area contributed by atoms with E-state index in [4.69, 9.17) is 5.11 Å². The number of carboxylic acids is 1. The molecule has 14 heavy (non-hydrogen) atoms.